The van der Waals surface area contributed by atoms with E-state index in [-0.39, 0.29) is 24.1 Å². The van der Waals surface area contributed by atoms with Gasteiger partial charge in [-0.15, -0.1) is 10.2 Å². The van der Waals surface area contributed by atoms with Gasteiger partial charge in [0.15, 0.2) is 11.0 Å². The Labute approximate surface area is 184 Å². The fraction of sp³-hybridized carbons (Fsp3) is 0.238. The molecule has 3 aromatic rings. The lowest BCUT2D eigenvalue weighted by atomic mass is 10.1. The van der Waals surface area contributed by atoms with Crippen LogP contribution in [-0.2, 0) is 18.4 Å². The first-order valence-electron chi connectivity index (χ1n) is 9.25. The molecule has 1 aromatic heterocycles. The fourth-order valence-corrected chi connectivity index (χ4v) is 3.62. The lowest BCUT2D eigenvalue weighted by Crippen LogP contribution is -2.24. The number of carbonyl (C=O) groups is 2. The van der Waals surface area contributed by atoms with Crippen molar-refractivity contribution >= 4 is 40.9 Å². The van der Waals surface area contributed by atoms with E-state index >= 15 is 0 Å². The molecule has 0 saturated heterocycles. The molecule has 2 amide bonds. The highest BCUT2D eigenvalue weighted by Gasteiger charge is 2.14. The Bertz CT molecular complexity index is 1080. The second kappa shape index (κ2) is 9.77. The third kappa shape index (κ3) is 5.61. The average Bonchev–Trinajstić information content (AvgIpc) is 3.07. The van der Waals surface area contributed by atoms with Crippen LogP contribution >= 0.6 is 23.4 Å². The van der Waals surface area contributed by atoms with Crippen LogP contribution in [0.15, 0.2) is 47.6 Å². The molecule has 1 heterocycles. The van der Waals surface area contributed by atoms with Gasteiger partial charge in [-0.1, -0.05) is 47.1 Å². The van der Waals surface area contributed by atoms with Crippen LogP contribution < -0.4 is 10.6 Å². The number of aryl methyl sites for hydroxylation is 2. The van der Waals surface area contributed by atoms with Crippen molar-refractivity contribution < 1.29 is 9.59 Å². The van der Waals surface area contributed by atoms with E-state index in [4.69, 9.17) is 11.6 Å². The fourth-order valence-electron chi connectivity index (χ4n) is 2.72. The van der Waals surface area contributed by atoms with Crippen molar-refractivity contribution in [1.82, 2.24) is 20.1 Å². The second-order valence-electron chi connectivity index (χ2n) is 6.81. The molecule has 0 atom stereocenters. The average molecular weight is 444 g/mol. The summed E-state index contributed by atoms with van der Waals surface area (Å²) >= 11 is 7.26. The van der Waals surface area contributed by atoms with Gasteiger partial charge in [-0.05, 0) is 43.7 Å². The van der Waals surface area contributed by atoms with E-state index < -0.39 is 0 Å². The molecular formula is C21H22ClN5O2S. The molecule has 0 fully saturated rings. The lowest BCUT2D eigenvalue weighted by Gasteiger charge is -2.09. The predicted octanol–water partition coefficient (Wildman–Crippen LogP) is 3.75. The van der Waals surface area contributed by atoms with Crippen LogP contribution in [0.25, 0.3) is 0 Å². The number of anilines is 1. The summed E-state index contributed by atoms with van der Waals surface area (Å²) in [7, 11) is 1.80. The van der Waals surface area contributed by atoms with E-state index in [9.17, 15) is 9.59 Å². The molecule has 0 aliphatic carbocycles. The van der Waals surface area contributed by atoms with Gasteiger partial charge in [-0.2, -0.15) is 0 Å². The van der Waals surface area contributed by atoms with Crippen molar-refractivity contribution in [3.05, 3.63) is 70.0 Å². The Kier molecular flexibility index (Phi) is 7.12. The van der Waals surface area contributed by atoms with E-state index in [1.165, 1.54) is 11.8 Å². The minimum absolute atomic E-state index is 0.164. The lowest BCUT2D eigenvalue weighted by molar-refractivity contribution is -0.113. The molecule has 7 nitrogen and oxygen atoms in total. The Balaban J connectivity index is 1.54. The molecule has 0 aliphatic rings. The van der Waals surface area contributed by atoms with E-state index in [2.05, 4.69) is 20.8 Å². The number of benzene rings is 2. The molecule has 0 saturated carbocycles. The van der Waals surface area contributed by atoms with Crippen molar-refractivity contribution in [1.29, 1.82) is 0 Å². The van der Waals surface area contributed by atoms with Crippen molar-refractivity contribution in [2.45, 2.75) is 25.5 Å². The van der Waals surface area contributed by atoms with Crippen LogP contribution in [0, 0.1) is 13.8 Å². The highest BCUT2D eigenvalue weighted by Crippen LogP contribution is 2.21. The molecule has 3 rings (SSSR count). The van der Waals surface area contributed by atoms with Gasteiger partial charge in [0.1, 0.15) is 0 Å². The zero-order valence-corrected chi connectivity index (χ0v) is 18.5. The van der Waals surface area contributed by atoms with Crippen LogP contribution in [0.1, 0.15) is 27.3 Å². The third-order valence-corrected chi connectivity index (χ3v) is 5.67. The zero-order valence-electron chi connectivity index (χ0n) is 16.9. The van der Waals surface area contributed by atoms with E-state index in [0.29, 0.717) is 27.3 Å². The second-order valence-corrected chi connectivity index (χ2v) is 8.19. The smallest absolute Gasteiger partial charge is 0.251 e. The number of halogens is 1. The van der Waals surface area contributed by atoms with Crippen LogP contribution in [0.2, 0.25) is 5.02 Å². The standard InChI is InChI=1S/C21H22ClN5O2S/c1-13-5-4-6-15(9-13)20(29)23-11-18-25-26-21(27(18)3)30-12-19(28)24-17-10-16(22)8-7-14(17)2/h4-10H,11-12H2,1-3H3,(H,23,29)(H,24,28). The topological polar surface area (TPSA) is 88.9 Å². The number of hydrogen-bond donors (Lipinski definition) is 2. The van der Waals surface area contributed by atoms with Crippen molar-refractivity contribution in [3.63, 3.8) is 0 Å². The van der Waals surface area contributed by atoms with Crippen molar-refractivity contribution in [3.8, 4) is 0 Å². The monoisotopic (exact) mass is 443 g/mol. The number of nitrogens with zero attached hydrogens (tertiary/aromatic N) is 3. The molecule has 156 valence electrons. The minimum Gasteiger partial charge on any atom is -0.345 e. The maximum atomic E-state index is 12.3. The van der Waals surface area contributed by atoms with Crippen molar-refractivity contribution in [2.75, 3.05) is 11.1 Å². The number of aromatic nitrogens is 3. The van der Waals surface area contributed by atoms with Gasteiger partial charge in [-0.25, -0.2) is 0 Å². The van der Waals surface area contributed by atoms with Crippen LogP contribution in [0.5, 0.6) is 0 Å². The summed E-state index contributed by atoms with van der Waals surface area (Å²) in [6.07, 6.45) is 0. The van der Waals surface area contributed by atoms with E-state index in [1.807, 2.05) is 38.1 Å². The zero-order chi connectivity index (χ0) is 21.7. The molecular weight excluding hydrogens is 422 g/mol. The van der Waals surface area contributed by atoms with Gasteiger partial charge in [0.05, 0.1) is 12.3 Å². The SMILES string of the molecule is Cc1cccc(C(=O)NCc2nnc(SCC(=O)Nc3cc(Cl)ccc3C)n2C)c1. The van der Waals surface area contributed by atoms with E-state index in [1.54, 1.807) is 29.8 Å². The Morgan fingerprint density at radius 1 is 1.13 bits per heavy atom. The Morgan fingerprint density at radius 3 is 2.70 bits per heavy atom. The first-order valence-corrected chi connectivity index (χ1v) is 10.6. The summed E-state index contributed by atoms with van der Waals surface area (Å²) in [6, 6.07) is 12.7. The van der Waals surface area contributed by atoms with Crippen LogP contribution in [0.4, 0.5) is 5.69 Å². The predicted molar refractivity (Wildman–Crippen MR) is 119 cm³/mol. The van der Waals surface area contributed by atoms with E-state index in [0.717, 1.165) is 11.1 Å². The van der Waals surface area contributed by atoms with Gasteiger partial charge >= 0.3 is 0 Å². The summed E-state index contributed by atoms with van der Waals surface area (Å²) in [6.45, 7) is 4.08. The maximum absolute atomic E-state index is 12.3. The maximum Gasteiger partial charge on any atom is 0.251 e. The van der Waals surface area contributed by atoms with Crippen LogP contribution in [0.3, 0.4) is 0 Å². The largest absolute Gasteiger partial charge is 0.345 e. The molecule has 30 heavy (non-hydrogen) atoms. The highest BCUT2D eigenvalue weighted by atomic mass is 35.5. The first kappa shape index (κ1) is 21.9. The van der Waals surface area contributed by atoms with Crippen molar-refractivity contribution in [2.24, 2.45) is 7.05 Å². The first-order chi connectivity index (χ1) is 14.3. The normalized spacial score (nSPS) is 10.7. The number of hydrogen-bond acceptors (Lipinski definition) is 5. The summed E-state index contributed by atoms with van der Waals surface area (Å²) in [5.74, 6) is 0.438. The molecule has 0 radical (unpaired) electrons. The summed E-state index contributed by atoms with van der Waals surface area (Å²) in [4.78, 5) is 24.6. The summed E-state index contributed by atoms with van der Waals surface area (Å²) in [5, 5.41) is 15.1. The molecule has 0 bridgehead atoms. The van der Waals surface area contributed by atoms with Gasteiger partial charge in [0, 0.05) is 23.3 Å². The minimum atomic E-state index is -0.174. The van der Waals surface area contributed by atoms with Gasteiger partial charge in [0.25, 0.3) is 5.91 Å². The summed E-state index contributed by atoms with van der Waals surface area (Å²) in [5.41, 5.74) is 3.24. The number of rotatable bonds is 7. The number of amides is 2. The van der Waals surface area contributed by atoms with Gasteiger partial charge in [-0.3, -0.25) is 9.59 Å². The Hall–Kier alpha value is -2.84. The third-order valence-electron chi connectivity index (χ3n) is 4.42. The highest BCUT2D eigenvalue weighted by molar-refractivity contribution is 7.99. The quantitative estimate of drug-likeness (QED) is 0.543. The van der Waals surface area contributed by atoms with Gasteiger partial charge < -0.3 is 15.2 Å². The Morgan fingerprint density at radius 2 is 1.93 bits per heavy atom. The number of nitrogens with one attached hydrogen (secondary N) is 2. The molecule has 9 heteroatoms. The molecule has 0 aliphatic heterocycles. The number of carbonyl (C=O) groups excluding carboxylic acids is 2. The molecule has 2 N–H and O–H groups in total. The molecule has 0 spiro atoms. The number of thioether (sulfide) groups is 1. The summed E-state index contributed by atoms with van der Waals surface area (Å²) < 4.78 is 1.76. The van der Waals surface area contributed by atoms with Gasteiger partial charge in [0.2, 0.25) is 5.91 Å². The molecule has 2 aromatic carbocycles. The van der Waals surface area contributed by atoms with Crippen LogP contribution in [-0.4, -0.2) is 32.3 Å². The molecule has 0 unspecified atom stereocenters.